The van der Waals surface area contributed by atoms with Crippen LogP contribution in [0.3, 0.4) is 0 Å². The molecule has 1 aliphatic heterocycles. The second kappa shape index (κ2) is 9.92. The molecule has 2 aromatic rings. The maximum Gasteiger partial charge on any atom is 0.422 e. The summed E-state index contributed by atoms with van der Waals surface area (Å²) >= 11 is 0. The Balaban J connectivity index is 0.000000222. The van der Waals surface area contributed by atoms with Crippen LogP contribution in [0.1, 0.15) is 44.0 Å². The third kappa shape index (κ3) is 7.33. The standard InChI is InChI=1S/C11H18N4O2.C9H9F3O/c1-11(2,17)10-6-12-15(13-10)9-4-3-5-14(7-9)8-16;1-7-4-2-3-5-8(7)13-6-9(10,11)12/h6,8-9,17H,3-5,7H2,1-2H3;2-5H,6H2,1H3. The summed E-state index contributed by atoms with van der Waals surface area (Å²) in [6, 6.07) is 6.71. The first-order chi connectivity index (χ1) is 14.0. The van der Waals surface area contributed by atoms with Crippen LogP contribution in [0.4, 0.5) is 13.2 Å². The molecule has 0 spiro atoms. The van der Waals surface area contributed by atoms with Gasteiger partial charge in [0.2, 0.25) is 6.41 Å². The van der Waals surface area contributed by atoms with Crippen LogP contribution < -0.4 is 4.74 Å². The molecule has 2 heterocycles. The highest BCUT2D eigenvalue weighted by atomic mass is 19.4. The van der Waals surface area contributed by atoms with E-state index in [1.54, 1.807) is 54.9 Å². The van der Waals surface area contributed by atoms with Crippen molar-refractivity contribution in [3.05, 3.63) is 41.7 Å². The Morgan fingerprint density at radius 3 is 2.57 bits per heavy atom. The molecule has 7 nitrogen and oxygen atoms in total. The molecule has 0 bridgehead atoms. The fourth-order valence-electron chi connectivity index (χ4n) is 2.88. The molecule has 1 unspecified atom stereocenters. The van der Waals surface area contributed by atoms with Crippen LogP contribution in [0.5, 0.6) is 5.75 Å². The van der Waals surface area contributed by atoms with Crippen molar-refractivity contribution in [1.29, 1.82) is 0 Å². The monoisotopic (exact) mass is 428 g/mol. The summed E-state index contributed by atoms with van der Waals surface area (Å²) in [4.78, 5) is 14.1. The predicted octanol–water partition coefficient (Wildman–Crippen LogP) is 3.23. The molecule has 0 aliphatic carbocycles. The lowest BCUT2D eigenvalue weighted by atomic mass is 10.1. The van der Waals surface area contributed by atoms with Crippen LogP contribution in [0.15, 0.2) is 30.5 Å². The van der Waals surface area contributed by atoms with Gasteiger partial charge in [-0.1, -0.05) is 18.2 Å². The number of halogens is 3. The van der Waals surface area contributed by atoms with E-state index in [9.17, 15) is 23.1 Å². The van der Waals surface area contributed by atoms with Gasteiger partial charge < -0.3 is 14.7 Å². The van der Waals surface area contributed by atoms with E-state index in [1.807, 2.05) is 0 Å². The zero-order chi connectivity index (χ0) is 22.4. The lowest BCUT2D eigenvalue weighted by Crippen LogP contribution is -2.36. The van der Waals surface area contributed by atoms with Crippen LogP contribution in [-0.2, 0) is 10.4 Å². The lowest BCUT2D eigenvalue weighted by molar-refractivity contribution is -0.153. The molecule has 1 aliphatic rings. The second-order valence-electron chi connectivity index (χ2n) is 7.67. The Kier molecular flexibility index (Phi) is 7.83. The fourth-order valence-corrected chi connectivity index (χ4v) is 2.88. The molecular weight excluding hydrogens is 401 g/mol. The van der Waals surface area contributed by atoms with E-state index in [0.717, 1.165) is 25.8 Å². The van der Waals surface area contributed by atoms with Gasteiger partial charge in [-0.25, -0.2) is 0 Å². The van der Waals surface area contributed by atoms with E-state index in [2.05, 4.69) is 14.9 Å². The number of piperidine rings is 1. The fraction of sp³-hybridized carbons (Fsp3) is 0.550. The van der Waals surface area contributed by atoms with Crippen molar-refractivity contribution in [3.8, 4) is 5.75 Å². The number of aryl methyl sites for hydroxylation is 1. The Labute approximate surface area is 173 Å². The third-order valence-electron chi connectivity index (χ3n) is 4.52. The average Bonchev–Trinajstić information content (AvgIpc) is 3.18. The number of carbonyl (C=O) groups excluding carboxylic acids is 1. The van der Waals surface area contributed by atoms with Crippen molar-refractivity contribution < 1.29 is 27.8 Å². The SMILES string of the molecule is CC(C)(O)c1cnn(C2CCCN(C=O)C2)n1.Cc1ccccc1OCC(F)(F)F. The zero-order valence-corrected chi connectivity index (χ0v) is 17.3. The van der Waals surface area contributed by atoms with Gasteiger partial charge in [0.1, 0.15) is 17.0 Å². The Bertz CT molecular complexity index is 818. The van der Waals surface area contributed by atoms with E-state index in [-0.39, 0.29) is 11.8 Å². The van der Waals surface area contributed by atoms with Gasteiger partial charge in [0.05, 0.1) is 12.2 Å². The number of nitrogens with zero attached hydrogens (tertiary/aromatic N) is 4. The van der Waals surface area contributed by atoms with Gasteiger partial charge in [-0.2, -0.15) is 28.2 Å². The van der Waals surface area contributed by atoms with Crippen LogP contribution in [0.2, 0.25) is 0 Å². The number of hydrogen-bond acceptors (Lipinski definition) is 5. The number of likely N-dealkylation sites (tertiary alicyclic amines) is 1. The van der Waals surface area contributed by atoms with Gasteiger partial charge in [-0.15, -0.1) is 0 Å². The summed E-state index contributed by atoms with van der Waals surface area (Å²) in [5.74, 6) is 0.278. The topological polar surface area (TPSA) is 80.5 Å². The van der Waals surface area contributed by atoms with E-state index in [4.69, 9.17) is 0 Å². The molecule has 1 atom stereocenters. The number of rotatable bonds is 5. The maximum atomic E-state index is 11.7. The number of benzene rings is 1. The van der Waals surface area contributed by atoms with E-state index >= 15 is 0 Å². The predicted molar refractivity (Wildman–Crippen MR) is 104 cm³/mol. The molecule has 1 fully saturated rings. The lowest BCUT2D eigenvalue weighted by Gasteiger charge is -2.29. The molecule has 10 heteroatoms. The van der Waals surface area contributed by atoms with Gasteiger partial charge in [0, 0.05) is 13.1 Å². The van der Waals surface area contributed by atoms with E-state index in [1.165, 1.54) is 6.07 Å². The highest BCUT2D eigenvalue weighted by molar-refractivity contribution is 5.47. The summed E-state index contributed by atoms with van der Waals surface area (Å²) in [6.07, 6.45) is 0.0990. The molecule has 3 rings (SSSR count). The summed E-state index contributed by atoms with van der Waals surface area (Å²) in [5.41, 5.74) is 0.282. The van der Waals surface area contributed by atoms with E-state index in [0.29, 0.717) is 17.8 Å². The molecule has 1 N–H and O–H groups in total. The van der Waals surface area contributed by atoms with Gasteiger partial charge >= 0.3 is 6.18 Å². The number of amides is 1. The summed E-state index contributed by atoms with van der Waals surface area (Å²) in [6.45, 7) is 5.27. The van der Waals surface area contributed by atoms with Crippen LogP contribution >= 0.6 is 0 Å². The first-order valence-corrected chi connectivity index (χ1v) is 9.59. The Hall–Kier alpha value is -2.62. The smallest absolute Gasteiger partial charge is 0.422 e. The minimum Gasteiger partial charge on any atom is -0.484 e. The summed E-state index contributed by atoms with van der Waals surface area (Å²) in [7, 11) is 0. The number of aliphatic hydroxyl groups is 1. The number of hydrogen-bond donors (Lipinski definition) is 1. The number of carbonyl (C=O) groups is 1. The molecule has 166 valence electrons. The van der Waals surface area contributed by atoms with Crippen LogP contribution in [0, 0.1) is 6.92 Å². The van der Waals surface area contributed by atoms with Crippen molar-refractivity contribution in [2.24, 2.45) is 0 Å². The highest BCUT2D eigenvalue weighted by Crippen LogP contribution is 2.22. The Morgan fingerprint density at radius 2 is 2.00 bits per heavy atom. The van der Waals surface area contributed by atoms with Crippen LogP contribution in [-0.4, -0.2) is 57.3 Å². The van der Waals surface area contributed by atoms with Crippen molar-refractivity contribution in [2.75, 3.05) is 19.7 Å². The van der Waals surface area contributed by atoms with Crippen molar-refractivity contribution in [2.45, 2.75) is 51.4 Å². The molecule has 1 aromatic heterocycles. The molecule has 1 aromatic carbocycles. The van der Waals surface area contributed by atoms with Gasteiger partial charge in [0.25, 0.3) is 0 Å². The molecular formula is C20H27F3N4O3. The molecule has 30 heavy (non-hydrogen) atoms. The minimum atomic E-state index is -4.28. The third-order valence-corrected chi connectivity index (χ3v) is 4.52. The highest BCUT2D eigenvalue weighted by Gasteiger charge is 2.28. The van der Waals surface area contributed by atoms with Gasteiger partial charge in [-0.05, 0) is 45.2 Å². The first kappa shape index (κ1) is 23.7. The van der Waals surface area contributed by atoms with Crippen molar-refractivity contribution >= 4 is 6.41 Å². The normalized spacial score (nSPS) is 17.2. The van der Waals surface area contributed by atoms with Crippen molar-refractivity contribution in [1.82, 2.24) is 19.9 Å². The minimum absolute atomic E-state index is 0.116. The summed E-state index contributed by atoms with van der Waals surface area (Å²) in [5, 5.41) is 18.3. The maximum absolute atomic E-state index is 11.7. The molecule has 0 radical (unpaired) electrons. The average molecular weight is 428 g/mol. The largest absolute Gasteiger partial charge is 0.484 e. The first-order valence-electron chi connectivity index (χ1n) is 9.59. The van der Waals surface area contributed by atoms with Crippen molar-refractivity contribution in [3.63, 3.8) is 0 Å². The van der Waals surface area contributed by atoms with E-state index < -0.39 is 18.4 Å². The summed E-state index contributed by atoms with van der Waals surface area (Å²) < 4.78 is 39.8. The van der Waals surface area contributed by atoms with Crippen LogP contribution in [0.25, 0.3) is 0 Å². The zero-order valence-electron chi connectivity index (χ0n) is 17.3. The quantitative estimate of drug-likeness (QED) is 0.740. The second-order valence-corrected chi connectivity index (χ2v) is 7.67. The van der Waals surface area contributed by atoms with Gasteiger partial charge in [-0.3, -0.25) is 4.79 Å². The van der Waals surface area contributed by atoms with Gasteiger partial charge in [0.15, 0.2) is 6.61 Å². The molecule has 0 saturated carbocycles. The Morgan fingerprint density at radius 1 is 1.30 bits per heavy atom. The molecule has 1 saturated heterocycles. The number of aromatic nitrogens is 3. The number of para-hydroxylation sites is 1. The number of ether oxygens (including phenoxy) is 1. The molecule has 1 amide bonds. The number of alkyl halides is 3.